The second-order valence-electron chi connectivity index (χ2n) is 3.82. The Bertz CT molecular complexity index is 357. The van der Waals surface area contributed by atoms with Gasteiger partial charge in [-0.15, -0.1) is 0 Å². The predicted molar refractivity (Wildman–Crippen MR) is 57.0 cm³/mol. The van der Waals surface area contributed by atoms with Gasteiger partial charge in [-0.1, -0.05) is 42.8 Å². The van der Waals surface area contributed by atoms with Gasteiger partial charge in [-0.3, -0.25) is 0 Å². The van der Waals surface area contributed by atoms with Crippen molar-refractivity contribution in [2.75, 3.05) is 0 Å². The van der Waals surface area contributed by atoms with Crippen LogP contribution in [0.1, 0.15) is 43.2 Å². The zero-order valence-electron chi connectivity index (χ0n) is 8.40. The Labute approximate surface area is 84.3 Å². The van der Waals surface area contributed by atoms with Crippen molar-refractivity contribution in [2.24, 2.45) is 5.16 Å². The summed E-state index contributed by atoms with van der Waals surface area (Å²) in [5, 5.41) is 12.3. The molecule has 1 atom stereocenters. The molecule has 1 aliphatic rings. The third-order valence-electron chi connectivity index (χ3n) is 2.91. The van der Waals surface area contributed by atoms with E-state index in [9.17, 15) is 0 Å². The van der Waals surface area contributed by atoms with E-state index in [1.807, 2.05) is 12.1 Å². The molecule has 0 saturated carbocycles. The molecule has 0 fully saturated rings. The zero-order valence-corrected chi connectivity index (χ0v) is 8.40. The van der Waals surface area contributed by atoms with Gasteiger partial charge in [0.2, 0.25) is 0 Å². The van der Waals surface area contributed by atoms with Gasteiger partial charge in [0, 0.05) is 12.0 Å². The molecule has 0 spiro atoms. The van der Waals surface area contributed by atoms with E-state index in [1.165, 1.54) is 18.4 Å². The van der Waals surface area contributed by atoms with Crippen LogP contribution in [0.3, 0.4) is 0 Å². The minimum absolute atomic E-state index is 0.557. The maximum atomic E-state index is 8.89. The Morgan fingerprint density at radius 1 is 1.43 bits per heavy atom. The van der Waals surface area contributed by atoms with Crippen LogP contribution in [0.4, 0.5) is 0 Å². The normalized spacial score (nSPS) is 22.6. The maximum absolute atomic E-state index is 8.89. The van der Waals surface area contributed by atoms with Crippen molar-refractivity contribution in [3.63, 3.8) is 0 Å². The summed E-state index contributed by atoms with van der Waals surface area (Å²) in [6, 6.07) is 8.24. The van der Waals surface area contributed by atoms with E-state index < -0.39 is 0 Å². The number of oxime groups is 1. The fraction of sp³-hybridized carbons (Fsp3) is 0.417. The second-order valence-corrected chi connectivity index (χ2v) is 3.82. The van der Waals surface area contributed by atoms with Crippen molar-refractivity contribution in [2.45, 2.75) is 32.1 Å². The SMILES string of the molecule is CCCC1CC(=NO)c2ccccc21. The van der Waals surface area contributed by atoms with Crippen LogP contribution in [0, 0.1) is 0 Å². The van der Waals surface area contributed by atoms with Crippen LogP contribution in [-0.2, 0) is 0 Å². The molecule has 1 aromatic carbocycles. The number of hydrogen-bond acceptors (Lipinski definition) is 2. The van der Waals surface area contributed by atoms with Gasteiger partial charge in [-0.25, -0.2) is 0 Å². The van der Waals surface area contributed by atoms with Crippen molar-refractivity contribution in [3.8, 4) is 0 Å². The summed E-state index contributed by atoms with van der Waals surface area (Å²) in [4.78, 5) is 0. The number of fused-ring (bicyclic) bond motifs is 1. The number of benzene rings is 1. The van der Waals surface area contributed by atoms with Gasteiger partial charge >= 0.3 is 0 Å². The largest absolute Gasteiger partial charge is 0.411 e. The molecule has 0 bridgehead atoms. The maximum Gasteiger partial charge on any atom is 0.0876 e. The molecule has 2 rings (SSSR count). The molecule has 1 N–H and O–H groups in total. The molecule has 0 aliphatic heterocycles. The molecule has 1 aromatic rings. The molecule has 0 heterocycles. The topological polar surface area (TPSA) is 32.6 Å². The highest BCUT2D eigenvalue weighted by molar-refractivity contribution is 6.04. The highest BCUT2D eigenvalue weighted by atomic mass is 16.4. The Hall–Kier alpha value is -1.31. The first-order valence-electron chi connectivity index (χ1n) is 5.17. The van der Waals surface area contributed by atoms with Gasteiger partial charge in [0.1, 0.15) is 0 Å². The molecule has 2 heteroatoms. The molecule has 0 radical (unpaired) electrons. The molecule has 1 aliphatic carbocycles. The van der Waals surface area contributed by atoms with Gasteiger partial charge < -0.3 is 5.21 Å². The molecule has 1 unspecified atom stereocenters. The fourth-order valence-corrected chi connectivity index (χ4v) is 2.27. The van der Waals surface area contributed by atoms with E-state index in [0.717, 1.165) is 17.7 Å². The van der Waals surface area contributed by atoms with Crippen molar-refractivity contribution >= 4 is 5.71 Å². The average molecular weight is 189 g/mol. The van der Waals surface area contributed by atoms with Gasteiger partial charge in [0.25, 0.3) is 0 Å². The van der Waals surface area contributed by atoms with Crippen molar-refractivity contribution in [1.29, 1.82) is 0 Å². The Morgan fingerprint density at radius 2 is 2.21 bits per heavy atom. The van der Waals surface area contributed by atoms with Crippen LogP contribution in [0.15, 0.2) is 29.4 Å². The average Bonchev–Trinajstić information content (AvgIpc) is 2.58. The van der Waals surface area contributed by atoms with Crippen LogP contribution in [0.5, 0.6) is 0 Å². The minimum atomic E-state index is 0.557. The summed E-state index contributed by atoms with van der Waals surface area (Å²) < 4.78 is 0. The first-order chi connectivity index (χ1) is 6.86. The predicted octanol–water partition coefficient (Wildman–Crippen LogP) is 3.15. The van der Waals surface area contributed by atoms with Crippen LogP contribution in [-0.4, -0.2) is 10.9 Å². The first-order valence-corrected chi connectivity index (χ1v) is 5.17. The van der Waals surface area contributed by atoms with E-state index in [4.69, 9.17) is 5.21 Å². The highest BCUT2D eigenvalue weighted by Gasteiger charge is 2.26. The first kappa shape index (κ1) is 9.25. The summed E-state index contributed by atoms with van der Waals surface area (Å²) in [7, 11) is 0. The molecule has 14 heavy (non-hydrogen) atoms. The Morgan fingerprint density at radius 3 is 2.93 bits per heavy atom. The number of hydrogen-bond donors (Lipinski definition) is 1. The Kier molecular flexibility index (Phi) is 2.53. The van der Waals surface area contributed by atoms with E-state index in [1.54, 1.807) is 0 Å². The van der Waals surface area contributed by atoms with Gasteiger partial charge in [0.15, 0.2) is 0 Å². The van der Waals surface area contributed by atoms with Gasteiger partial charge in [-0.2, -0.15) is 0 Å². The third kappa shape index (κ3) is 1.41. The monoisotopic (exact) mass is 189 g/mol. The van der Waals surface area contributed by atoms with Crippen LogP contribution >= 0.6 is 0 Å². The summed E-state index contributed by atoms with van der Waals surface area (Å²) in [5.41, 5.74) is 3.33. The molecule has 0 amide bonds. The summed E-state index contributed by atoms with van der Waals surface area (Å²) >= 11 is 0. The minimum Gasteiger partial charge on any atom is -0.411 e. The molecular formula is C12H15NO. The van der Waals surface area contributed by atoms with Crippen LogP contribution in [0.25, 0.3) is 0 Å². The molecule has 2 nitrogen and oxygen atoms in total. The van der Waals surface area contributed by atoms with Crippen LogP contribution < -0.4 is 0 Å². The van der Waals surface area contributed by atoms with E-state index >= 15 is 0 Å². The van der Waals surface area contributed by atoms with Crippen LogP contribution in [0.2, 0.25) is 0 Å². The van der Waals surface area contributed by atoms with Crippen molar-refractivity contribution in [3.05, 3.63) is 35.4 Å². The summed E-state index contributed by atoms with van der Waals surface area (Å²) in [5.74, 6) is 0.557. The Balaban J connectivity index is 2.38. The summed E-state index contributed by atoms with van der Waals surface area (Å²) in [6.07, 6.45) is 3.25. The summed E-state index contributed by atoms with van der Waals surface area (Å²) in [6.45, 7) is 2.19. The lowest BCUT2D eigenvalue weighted by molar-refractivity contribution is 0.318. The van der Waals surface area contributed by atoms with Crippen molar-refractivity contribution < 1.29 is 5.21 Å². The molecule has 74 valence electrons. The molecular weight excluding hydrogens is 174 g/mol. The van der Waals surface area contributed by atoms with Crippen molar-refractivity contribution in [1.82, 2.24) is 0 Å². The number of nitrogens with zero attached hydrogens (tertiary/aromatic N) is 1. The smallest absolute Gasteiger partial charge is 0.0876 e. The lowest BCUT2D eigenvalue weighted by Gasteiger charge is -2.07. The highest BCUT2D eigenvalue weighted by Crippen LogP contribution is 2.36. The third-order valence-corrected chi connectivity index (χ3v) is 2.91. The standard InChI is InChI=1S/C12H15NO/c1-2-5-9-8-12(13-14)11-7-4-3-6-10(9)11/h3-4,6-7,9,14H,2,5,8H2,1H3. The lowest BCUT2D eigenvalue weighted by atomic mass is 9.97. The second kappa shape index (κ2) is 3.82. The molecule has 0 aromatic heterocycles. The molecule has 0 saturated heterocycles. The quantitative estimate of drug-likeness (QED) is 0.562. The lowest BCUT2D eigenvalue weighted by Crippen LogP contribution is -1.94. The van der Waals surface area contributed by atoms with Gasteiger partial charge in [-0.05, 0) is 17.9 Å². The number of rotatable bonds is 2. The van der Waals surface area contributed by atoms with E-state index in [0.29, 0.717) is 5.92 Å². The van der Waals surface area contributed by atoms with Gasteiger partial charge in [0.05, 0.1) is 5.71 Å². The zero-order chi connectivity index (χ0) is 9.97. The van der Waals surface area contributed by atoms with E-state index in [-0.39, 0.29) is 0 Å². The van der Waals surface area contributed by atoms with E-state index in [2.05, 4.69) is 24.2 Å². The fourth-order valence-electron chi connectivity index (χ4n) is 2.27.